The third-order valence-corrected chi connectivity index (χ3v) is 5.15. The van der Waals surface area contributed by atoms with Gasteiger partial charge in [0.05, 0.1) is 6.04 Å². The maximum Gasteiger partial charge on any atom is 0.255 e. The first kappa shape index (κ1) is 22.7. The number of benzene rings is 3. The lowest BCUT2D eigenvalue weighted by atomic mass is 10.1. The van der Waals surface area contributed by atoms with Crippen LogP contribution in [0.25, 0.3) is 0 Å². The molecule has 3 aromatic carbocycles. The molecule has 1 atom stereocenters. The summed E-state index contributed by atoms with van der Waals surface area (Å²) in [6, 6.07) is 21.3. The van der Waals surface area contributed by atoms with Crippen LogP contribution in [0.4, 0.5) is 11.4 Å². The van der Waals surface area contributed by atoms with Crippen molar-refractivity contribution in [1.29, 1.82) is 0 Å². The van der Waals surface area contributed by atoms with Crippen LogP contribution in [0.2, 0.25) is 0 Å². The van der Waals surface area contributed by atoms with Crippen LogP contribution in [-0.4, -0.2) is 17.7 Å². The van der Waals surface area contributed by atoms with Gasteiger partial charge in [0.1, 0.15) is 0 Å². The topological polar surface area (TPSA) is 87.3 Å². The minimum Gasteiger partial charge on any atom is -0.346 e. The van der Waals surface area contributed by atoms with Gasteiger partial charge in [0.25, 0.3) is 11.8 Å². The molecule has 0 aromatic heterocycles. The first-order valence-corrected chi connectivity index (χ1v) is 10.5. The molecule has 0 saturated carbocycles. The molecule has 164 valence electrons. The summed E-state index contributed by atoms with van der Waals surface area (Å²) in [5.74, 6) is -0.514. The summed E-state index contributed by atoms with van der Waals surface area (Å²) in [5, 5.41) is 8.66. The van der Waals surface area contributed by atoms with Gasteiger partial charge < -0.3 is 16.0 Å². The van der Waals surface area contributed by atoms with E-state index in [1.807, 2.05) is 50.2 Å². The van der Waals surface area contributed by atoms with Crippen molar-refractivity contribution >= 4 is 29.1 Å². The number of rotatable bonds is 7. The zero-order valence-corrected chi connectivity index (χ0v) is 18.4. The number of anilines is 2. The van der Waals surface area contributed by atoms with Crippen LogP contribution in [0.3, 0.4) is 0 Å². The van der Waals surface area contributed by atoms with Crippen molar-refractivity contribution in [3.8, 4) is 0 Å². The zero-order chi connectivity index (χ0) is 23.1. The molecule has 0 spiro atoms. The Hall–Kier alpha value is -3.93. The molecule has 3 aromatic rings. The summed E-state index contributed by atoms with van der Waals surface area (Å²) in [6.45, 7) is 5.57. The Kier molecular flexibility index (Phi) is 7.39. The molecule has 0 radical (unpaired) electrons. The van der Waals surface area contributed by atoms with Gasteiger partial charge in [-0.05, 0) is 61.4 Å². The molecular weight excluding hydrogens is 402 g/mol. The van der Waals surface area contributed by atoms with Gasteiger partial charge in [-0.3, -0.25) is 14.4 Å². The maximum atomic E-state index is 12.8. The SMILES string of the molecule is CCC(=O)Nc1ccc(C(C)NC(=O)c2ccc(C)c(NC(=O)c3ccccc3)c2)cc1. The monoisotopic (exact) mass is 429 g/mol. The fourth-order valence-corrected chi connectivity index (χ4v) is 3.15. The highest BCUT2D eigenvalue weighted by Gasteiger charge is 2.14. The van der Waals surface area contributed by atoms with Crippen LogP contribution < -0.4 is 16.0 Å². The summed E-state index contributed by atoms with van der Waals surface area (Å²) in [6.07, 6.45) is 0.415. The molecule has 0 heterocycles. The van der Waals surface area contributed by atoms with Gasteiger partial charge in [-0.2, -0.15) is 0 Å². The van der Waals surface area contributed by atoms with Gasteiger partial charge in [-0.25, -0.2) is 0 Å². The van der Waals surface area contributed by atoms with Gasteiger partial charge in [0.2, 0.25) is 5.91 Å². The van der Waals surface area contributed by atoms with Crippen LogP contribution in [0.15, 0.2) is 72.8 Å². The largest absolute Gasteiger partial charge is 0.346 e. The van der Waals surface area contributed by atoms with Crippen LogP contribution in [0.5, 0.6) is 0 Å². The summed E-state index contributed by atoms with van der Waals surface area (Å²) < 4.78 is 0. The second-order valence-corrected chi connectivity index (χ2v) is 7.57. The average molecular weight is 430 g/mol. The van der Waals surface area contributed by atoms with E-state index in [1.165, 1.54) is 0 Å². The van der Waals surface area contributed by atoms with Crippen molar-refractivity contribution < 1.29 is 14.4 Å². The maximum absolute atomic E-state index is 12.8. The van der Waals surface area contributed by atoms with E-state index >= 15 is 0 Å². The van der Waals surface area contributed by atoms with Gasteiger partial charge >= 0.3 is 0 Å². The van der Waals surface area contributed by atoms with Crippen molar-refractivity contribution in [2.75, 3.05) is 10.6 Å². The lowest BCUT2D eigenvalue weighted by molar-refractivity contribution is -0.115. The fourth-order valence-electron chi connectivity index (χ4n) is 3.15. The summed E-state index contributed by atoms with van der Waals surface area (Å²) in [5.41, 5.74) is 4.10. The Balaban J connectivity index is 1.67. The van der Waals surface area contributed by atoms with Gasteiger partial charge in [-0.15, -0.1) is 0 Å². The number of nitrogens with one attached hydrogen (secondary N) is 3. The number of hydrogen-bond donors (Lipinski definition) is 3. The molecule has 0 bridgehead atoms. The molecular formula is C26H27N3O3. The van der Waals surface area contributed by atoms with E-state index < -0.39 is 0 Å². The molecule has 3 N–H and O–H groups in total. The molecule has 3 rings (SSSR count). The number of amides is 3. The third kappa shape index (κ3) is 5.82. The molecule has 0 aliphatic heterocycles. The molecule has 32 heavy (non-hydrogen) atoms. The van der Waals surface area contributed by atoms with Crippen molar-refractivity contribution in [3.05, 3.63) is 95.1 Å². The minimum atomic E-state index is -0.240. The Morgan fingerprint density at radius 1 is 0.812 bits per heavy atom. The molecule has 1 unspecified atom stereocenters. The third-order valence-electron chi connectivity index (χ3n) is 5.15. The molecule has 0 aliphatic carbocycles. The second-order valence-electron chi connectivity index (χ2n) is 7.57. The second kappa shape index (κ2) is 10.4. The van der Waals surface area contributed by atoms with E-state index in [0.717, 1.165) is 16.8 Å². The van der Waals surface area contributed by atoms with E-state index in [2.05, 4.69) is 16.0 Å². The van der Waals surface area contributed by atoms with Crippen molar-refractivity contribution in [3.63, 3.8) is 0 Å². The van der Waals surface area contributed by atoms with E-state index in [9.17, 15) is 14.4 Å². The molecule has 0 aliphatic rings. The number of aryl methyl sites for hydroxylation is 1. The van der Waals surface area contributed by atoms with Crippen molar-refractivity contribution in [2.24, 2.45) is 0 Å². The summed E-state index contributed by atoms with van der Waals surface area (Å²) >= 11 is 0. The quantitative estimate of drug-likeness (QED) is 0.489. The zero-order valence-electron chi connectivity index (χ0n) is 18.4. The highest BCUT2D eigenvalue weighted by Crippen LogP contribution is 2.20. The first-order chi connectivity index (χ1) is 15.4. The predicted molar refractivity (Wildman–Crippen MR) is 127 cm³/mol. The molecule has 6 nitrogen and oxygen atoms in total. The Bertz CT molecular complexity index is 1110. The average Bonchev–Trinajstić information content (AvgIpc) is 2.81. The van der Waals surface area contributed by atoms with E-state index in [1.54, 1.807) is 43.3 Å². The minimum absolute atomic E-state index is 0.0476. The van der Waals surface area contributed by atoms with Crippen LogP contribution in [-0.2, 0) is 4.79 Å². The Morgan fingerprint density at radius 3 is 2.16 bits per heavy atom. The lowest BCUT2D eigenvalue weighted by Crippen LogP contribution is -2.27. The lowest BCUT2D eigenvalue weighted by Gasteiger charge is -2.16. The summed E-state index contributed by atoms with van der Waals surface area (Å²) in [7, 11) is 0. The normalized spacial score (nSPS) is 11.3. The van der Waals surface area contributed by atoms with Crippen molar-refractivity contribution in [2.45, 2.75) is 33.2 Å². The van der Waals surface area contributed by atoms with E-state index in [0.29, 0.717) is 23.2 Å². The molecule has 0 fully saturated rings. The van der Waals surface area contributed by atoms with Gasteiger partial charge in [-0.1, -0.05) is 43.3 Å². The van der Waals surface area contributed by atoms with Crippen molar-refractivity contribution in [1.82, 2.24) is 5.32 Å². The molecule has 0 saturated heterocycles. The highest BCUT2D eigenvalue weighted by molar-refractivity contribution is 6.05. The standard InChI is InChI=1S/C26H27N3O3/c1-4-24(30)28-22-14-12-19(13-15-22)18(3)27-26(32)21-11-10-17(2)23(16-21)29-25(31)20-8-6-5-7-9-20/h5-16,18H,4H2,1-3H3,(H,27,32)(H,28,30)(H,29,31). The van der Waals surface area contributed by atoms with Gasteiger partial charge in [0, 0.05) is 28.9 Å². The Morgan fingerprint density at radius 2 is 1.50 bits per heavy atom. The predicted octanol–water partition coefficient (Wildman–Crippen LogP) is 5.09. The Labute approximate surface area is 188 Å². The first-order valence-electron chi connectivity index (χ1n) is 10.5. The molecule has 6 heteroatoms. The number of carbonyl (C=O) groups is 3. The number of hydrogen-bond acceptors (Lipinski definition) is 3. The fraction of sp³-hybridized carbons (Fsp3) is 0.192. The molecule has 3 amide bonds. The smallest absolute Gasteiger partial charge is 0.255 e. The van der Waals surface area contributed by atoms with Crippen LogP contribution in [0.1, 0.15) is 58.2 Å². The summed E-state index contributed by atoms with van der Waals surface area (Å²) in [4.78, 5) is 36.8. The number of carbonyl (C=O) groups excluding carboxylic acids is 3. The van der Waals surface area contributed by atoms with E-state index in [-0.39, 0.29) is 23.8 Å². The van der Waals surface area contributed by atoms with Crippen LogP contribution in [0, 0.1) is 6.92 Å². The van der Waals surface area contributed by atoms with E-state index in [4.69, 9.17) is 0 Å². The van der Waals surface area contributed by atoms with Crippen LogP contribution >= 0.6 is 0 Å². The van der Waals surface area contributed by atoms with Gasteiger partial charge in [0.15, 0.2) is 0 Å². The highest BCUT2D eigenvalue weighted by atomic mass is 16.2.